The fraction of sp³-hybridized carbons (Fsp3) is 0.667. The maximum Gasteiger partial charge on any atom is 0.160 e. The standard InChI is InChI=1S/C18H28BrN5/c1-4-7-16(23-9-6-8-22(3)10-11-23)18-21-15-12-14(19)13-20-17(15)24(18)5-2/h12-13,16H,4-11H2,1-3H3/t16-/m1/s1. The van der Waals surface area contributed by atoms with E-state index < -0.39 is 0 Å². The third-order valence-corrected chi connectivity index (χ3v) is 5.39. The van der Waals surface area contributed by atoms with Crippen molar-refractivity contribution in [2.24, 2.45) is 0 Å². The van der Waals surface area contributed by atoms with Crippen LogP contribution in [0, 0.1) is 0 Å². The van der Waals surface area contributed by atoms with Gasteiger partial charge in [0.05, 0.1) is 6.04 Å². The smallest absolute Gasteiger partial charge is 0.160 e. The maximum atomic E-state index is 5.00. The van der Waals surface area contributed by atoms with Crippen molar-refractivity contribution >= 4 is 27.1 Å². The first-order valence-corrected chi connectivity index (χ1v) is 9.87. The van der Waals surface area contributed by atoms with E-state index >= 15 is 0 Å². The molecule has 5 nitrogen and oxygen atoms in total. The fourth-order valence-corrected chi connectivity index (χ4v) is 4.02. The highest BCUT2D eigenvalue weighted by atomic mass is 79.9. The molecule has 1 fully saturated rings. The summed E-state index contributed by atoms with van der Waals surface area (Å²) in [7, 11) is 2.22. The number of hydrogen-bond donors (Lipinski definition) is 0. The van der Waals surface area contributed by atoms with Crippen molar-refractivity contribution in [3.8, 4) is 0 Å². The molecule has 3 heterocycles. The molecule has 6 heteroatoms. The largest absolute Gasteiger partial charge is 0.312 e. The first-order valence-electron chi connectivity index (χ1n) is 9.08. The average Bonchev–Trinajstić information content (AvgIpc) is 2.78. The summed E-state index contributed by atoms with van der Waals surface area (Å²) < 4.78 is 3.29. The van der Waals surface area contributed by atoms with Crippen molar-refractivity contribution < 1.29 is 0 Å². The Morgan fingerprint density at radius 3 is 2.79 bits per heavy atom. The zero-order chi connectivity index (χ0) is 17.1. The Labute approximate surface area is 153 Å². The van der Waals surface area contributed by atoms with E-state index in [9.17, 15) is 0 Å². The molecule has 0 bridgehead atoms. The number of likely N-dealkylation sites (N-methyl/N-ethyl adjacent to an activating group) is 1. The van der Waals surface area contributed by atoms with Crippen LogP contribution in [0.3, 0.4) is 0 Å². The molecular weight excluding hydrogens is 366 g/mol. The van der Waals surface area contributed by atoms with Gasteiger partial charge in [-0.15, -0.1) is 0 Å². The highest BCUT2D eigenvalue weighted by Crippen LogP contribution is 2.29. The second-order valence-corrected chi connectivity index (χ2v) is 7.62. The van der Waals surface area contributed by atoms with Gasteiger partial charge in [-0.25, -0.2) is 9.97 Å². The Kier molecular flexibility index (Phi) is 5.89. The Morgan fingerprint density at radius 2 is 2.04 bits per heavy atom. The van der Waals surface area contributed by atoms with Gasteiger partial charge in [0, 0.05) is 36.8 Å². The molecule has 0 radical (unpaired) electrons. The lowest BCUT2D eigenvalue weighted by molar-refractivity contribution is 0.182. The number of fused-ring (bicyclic) bond motifs is 1. The number of nitrogens with zero attached hydrogens (tertiary/aromatic N) is 5. The van der Waals surface area contributed by atoms with E-state index in [1.54, 1.807) is 0 Å². The minimum atomic E-state index is 0.384. The van der Waals surface area contributed by atoms with E-state index in [1.165, 1.54) is 25.2 Å². The molecule has 0 saturated carbocycles. The van der Waals surface area contributed by atoms with Crippen LogP contribution in [0.1, 0.15) is 45.0 Å². The number of imidazole rings is 1. The van der Waals surface area contributed by atoms with Crippen LogP contribution in [0.2, 0.25) is 0 Å². The average molecular weight is 394 g/mol. The van der Waals surface area contributed by atoms with Gasteiger partial charge in [0.25, 0.3) is 0 Å². The van der Waals surface area contributed by atoms with Gasteiger partial charge in [-0.05, 0) is 55.4 Å². The van der Waals surface area contributed by atoms with Crippen LogP contribution in [0.4, 0.5) is 0 Å². The second-order valence-electron chi connectivity index (χ2n) is 6.71. The molecule has 3 rings (SSSR count). The van der Waals surface area contributed by atoms with Crippen LogP contribution < -0.4 is 0 Å². The van der Waals surface area contributed by atoms with Crippen molar-refractivity contribution in [3.63, 3.8) is 0 Å². The molecule has 0 aromatic carbocycles. The van der Waals surface area contributed by atoms with Gasteiger partial charge >= 0.3 is 0 Å². The van der Waals surface area contributed by atoms with Gasteiger partial charge in [0.15, 0.2) is 5.65 Å². The van der Waals surface area contributed by atoms with Crippen LogP contribution in [0.15, 0.2) is 16.7 Å². The Bertz CT molecular complexity index is 683. The predicted molar refractivity (Wildman–Crippen MR) is 102 cm³/mol. The second kappa shape index (κ2) is 7.93. The number of aryl methyl sites for hydroxylation is 1. The van der Waals surface area contributed by atoms with Crippen LogP contribution in [0.25, 0.3) is 11.2 Å². The predicted octanol–water partition coefficient (Wildman–Crippen LogP) is 3.69. The molecule has 1 aliphatic heterocycles. The number of hydrogen-bond acceptors (Lipinski definition) is 4. The van der Waals surface area contributed by atoms with E-state index in [4.69, 9.17) is 4.98 Å². The van der Waals surface area contributed by atoms with Crippen molar-refractivity contribution in [2.75, 3.05) is 33.2 Å². The third kappa shape index (κ3) is 3.65. The summed E-state index contributed by atoms with van der Waals surface area (Å²) in [6, 6.07) is 2.46. The van der Waals surface area contributed by atoms with Gasteiger partial charge in [-0.3, -0.25) is 4.90 Å². The molecule has 24 heavy (non-hydrogen) atoms. The Balaban J connectivity index is 1.99. The lowest BCUT2D eigenvalue weighted by atomic mass is 10.1. The van der Waals surface area contributed by atoms with Crippen molar-refractivity contribution in [1.29, 1.82) is 0 Å². The summed E-state index contributed by atoms with van der Waals surface area (Å²) in [6.07, 6.45) is 5.41. The quantitative estimate of drug-likeness (QED) is 0.775. The van der Waals surface area contributed by atoms with Gasteiger partial charge in [-0.1, -0.05) is 13.3 Å². The lowest BCUT2D eigenvalue weighted by Crippen LogP contribution is -2.34. The van der Waals surface area contributed by atoms with Crippen molar-refractivity contribution in [3.05, 3.63) is 22.6 Å². The zero-order valence-electron chi connectivity index (χ0n) is 15.0. The molecular formula is C18H28BrN5. The summed E-state index contributed by atoms with van der Waals surface area (Å²) in [4.78, 5) is 14.7. The summed E-state index contributed by atoms with van der Waals surface area (Å²) in [5, 5.41) is 0. The van der Waals surface area contributed by atoms with E-state index in [0.29, 0.717) is 6.04 Å². The molecule has 2 aromatic rings. The Morgan fingerprint density at radius 1 is 1.21 bits per heavy atom. The number of rotatable bonds is 5. The SMILES string of the molecule is CCC[C@H](c1nc2cc(Br)cnc2n1CC)N1CCCN(C)CC1. The minimum absolute atomic E-state index is 0.384. The summed E-state index contributed by atoms with van der Waals surface area (Å²) >= 11 is 3.52. The maximum absolute atomic E-state index is 5.00. The molecule has 1 atom stereocenters. The van der Waals surface area contributed by atoms with Crippen LogP contribution in [0.5, 0.6) is 0 Å². The third-order valence-electron chi connectivity index (χ3n) is 4.95. The molecule has 0 unspecified atom stereocenters. The summed E-state index contributed by atoms with van der Waals surface area (Å²) in [5.74, 6) is 1.18. The van der Waals surface area contributed by atoms with Crippen LogP contribution >= 0.6 is 15.9 Å². The topological polar surface area (TPSA) is 37.2 Å². The molecule has 0 N–H and O–H groups in total. The number of aromatic nitrogens is 3. The first-order chi connectivity index (χ1) is 11.6. The summed E-state index contributed by atoms with van der Waals surface area (Å²) in [5.41, 5.74) is 2.00. The molecule has 0 amide bonds. The number of halogens is 1. The van der Waals surface area contributed by atoms with Gasteiger partial charge in [-0.2, -0.15) is 0 Å². The van der Waals surface area contributed by atoms with Gasteiger partial charge in [0.1, 0.15) is 11.3 Å². The molecule has 0 aliphatic carbocycles. The van der Waals surface area contributed by atoms with E-state index in [2.05, 4.69) is 62.2 Å². The van der Waals surface area contributed by atoms with Crippen LogP contribution in [-0.2, 0) is 6.54 Å². The van der Waals surface area contributed by atoms with E-state index in [-0.39, 0.29) is 0 Å². The minimum Gasteiger partial charge on any atom is -0.312 e. The van der Waals surface area contributed by atoms with Gasteiger partial charge in [0.2, 0.25) is 0 Å². The fourth-order valence-electron chi connectivity index (χ4n) is 3.70. The van der Waals surface area contributed by atoms with E-state index in [0.717, 1.165) is 48.2 Å². The van der Waals surface area contributed by atoms with Crippen LogP contribution in [-0.4, -0.2) is 57.6 Å². The molecule has 132 valence electrons. The normalized spacial score (nSPS) is 18.8. The highest BCUT2D eigenvalue weighted by Gasteiger charge is 2.27. The molecule has 1 aliphatic rings. The van der Waals surface area contributed by atoms with Crippen molar-refractivity contribution in [1.82, 2.24) is 24.3 Å². The molecule has 1 saturated heterocycles. The molecule has 2 aromatic heterocycles. The van der Waals surface area contributed by atoms with Crippen molar-refractivity contribution in [2.45, 2.75) is 45.7 Å². The first kappa shape index (κ1) is 17.8. The monoisotopic (exact) mass is 393 g/mol. The highest BCUT2D eigenvalue weighted by molar-refractivity contribution is 9.10. The number of pyridine rings is 1. The lowest BCUT2D eigenvalue weighted by Gasteiger charge is -2.30. The Hall–Kier alpha value is -0.980. The molecule has 0 spiro atoms. The van der Waals surface area contributed by atoms with Gasteiger partial charge < -0.3 is 9.47 Å². The van der Waals surface area contributed by atoms with E-state index in [1.807, 2.05) is 6.20 Å². The summed E-state index contributed by atoms with van der Waals surface area (Å²) in [6.45, 7) is 9.96. The zero-order valence-corrected chi connectivity index (χ0v) is 16.6.